The first-order valence-electron chi connectivity index (χ1n) is 12.6. The molecule has 0 aromatic heterocycles. The van der Waals surface area contributed by atoms with Crippen LogP contribution in [-0.4, -0.2) is 22.5 Å². The summed E-state index contributed by atoms with van der Waals surface area (Å²) in [7, 11) is 0. The Balaban J connectivity index is 1.66. The number of hydrogen-bond acceptors (Lipinski definition) is 4. The smallest absolute Gasteiger partial charge is 0.489 e. The van der Waals surface area contributed by atoms with Crippen molar-refractivity contribution in [3.8, 4) is 22.6 Å². The first-order valence-corrected chi connectivity index (χ1v) is 12.6. The molecule has 4 rings (SSSR count). The molecule has 0 unspecified atom stereocenters. The van der Waals surface area contributed by atoms with Gasteiger partial charge in [-0.1, -0.05) is 50.6 Å². The molecule has 0 saturated heterocycles. The van der Waals surface area contributed by atoms with E-state index in [1.807, 2.05) is 6.07 Å². The number of aliphatic carboxylic acids is 1. The molecule has 208 valence electrons. The molecule has 5 nitrogen and oxygen atoms in total. The molecular formula is C30H30F4O5. The van der Waals surface area contributed by atoms with Gasteiger partial charge in [-0.05, 0) is 76.8 Å². The van der Waals surface area contributed by atoms with E-state index < -0.39 is 36.4 Å². The molecule has 9 heteroatoms. The standard InChI is InChI=1S/C30H30F4O5/c1-29(2)12-4-7-25(29)23-13-18(17-38-20-6-3-5-19(14-20)27(35)16-28(36)37)8-10-22(23)24-15-21(9-11-26(24)31)39-30(32,33)34/h3,5-6,8-11,13-15,25,27,35H,4,7,12,16-17H2,1-2H3,(H,36,37)/t25-,27+/m0/s1. The van der Waals surface area contributed by atoms with E-state index in [2.05, 4.69) is 18.6 Å². The monoisotopic (exact) mass is 546 g/mol. The van der Waals surface area contributed by atoms with Crippen LogP contribution in [0.4, 0.5) is 17.6 Å². The number of halogens is 4. The minimum Gasteiger partial charge on any atom is -0.489 e. The van der Waals surface area contributed by atoms with Crippen LogP contribution in [0.2, 0.25) is 0 Å². The Labute approximate surface area is 224 Å². The zero-order chi connectivity index (χ0) is 28.4. The van der Waals surface area contributed by atoms with Gasteiger partial charge in [0.15, 0.2) is 0 Å². The summed E-state index contributed by atoms with van der Waals surface area (Å²) in [6, 6.07) is 14.9. The number of hydrogen-bond donors (Lipinski definition) is 2. The van der Waals surface area contributed by atoms with Crippen LogP contribution in [0.25, 0.3) is 11.1 Å². The van der Waals surface area contributed by atoms with Crippen LogP contribution in [-0.2, 0) is 11.4 Å². The number of carboxylic acids is 1. The number of alkyl halides is 3. The Bertz CT molecular complexity index is 1340. The highest BCUT2D eigenvalue weighted by atomic mass is 19.4. The SMILES string of the molecule is CC1(C)CCC[C@H]1c1cc(COc2cccc([C@H](O)CC(=O)O)c2)ccc1-c1cc(OC(F)(F)F)ccc1F. The predicted octanol–water partition coefficient (Wildman–Crippen LogP) is 7.77. The average Bonchev–Trinajstić information content (AvgIpc) is 3.21. The maximum Gasteiger partial charge on any atom is 0.573 e. The summed E-state index contributed by atoms with van der Waals surface area (Å²) in [5, 5.41) is 19.0. The third-order valence-corrected chi connectivity index (χ3v) is 7.23. The van der Waals surface area contributed by atoms with Crippen molar-refractivity contribution in [3.05, 3.63) is 83.2 Å². The van der Waals surface area contributed by atoms with E-state index in [0.29, 0.717) is 16.9 Å². The van der Waals surface area contributed by atoms with E-state index in [4.69, 9.17) is 9.84 Å². The minimum absolute atomic E-state index is 0.0297. The van der Waals surface area contributed by atoms with Crippen molar-refractivity contribution >= 4 is 5.97 Å². The van der Waals surface area contributed by atoms with Crippen LogP contribution in [0.15, 0.2) is 60.7 Å². The Kier molecular flexibility index (Phi) is 8.20. The van der Waals surface area contributed by atoms with Gasteiger partial charge in [-0.2, -0.15) is 0 Å². The molecular weight excluding hydrogens is 516 g/mol. The lowest BCUT2D eigenvalue weighted by Crippen LogP contribution is -2.18. The Morgan fingerprint density at radius 1 is 1.05 bits per heavy atom. The number of aliphatic hydroxyl groups excluding tert-OH is 1. The number of rotatable bonds is 9. The molecule has 0 bridgehead atoms. The van der Waals surface area contributed by atoms with Crippen molar-refractivity contribution in [3.63, 3.8) is 0 Å². The fraction of sp³-hybridized carbons (Fsp3) is 0.367. The summed E-state index contributed by atoms with van der Waals surface area (Å²) in [6.45, 7) is 4.40. The van der Waals surface area contributed by atoms with Crippen LogP contribution < -0.4 is 9.47 Å². The third kappa shape index (κ3) is 7.09. The summed E-state index contributed by atoms with van der Waals surface area (Å²) in [6.07, 6.45) is -3.71. The molecule has 1 saturated carbocycles. The van der Waals surface area contributed by atoms with Gasteiger partial charge in [-0.25, -0.2) is 4.39 Å². The highest BCUT2D eigenvalue weighted by molar-refractivity contribution is 5.71. The number of aliphatic hydroxyl groups is 1. The van der Waals surface area contributed by atoms with Crippen molar-refractivity contribution in [2.45, 2.75) is 64.5 Å². The summed E-state index contributed by atoms with van der Waals surface area (Å²) >= 11 is 0. The maximum absolute atomic E-state index is 15.0. The molecule has 2 atom stereocenters. The molecule has 0 radical (unpaired) electrons. The van der Waals surface area contributed by atoms with Crippen LogP contribution >= 0.6 is 0 Å². The molecule has 0 aliphatic heterocycles. The highest BCUT2D eigenvalue weighted by Crippen LogP contribution is 2.51. The fourth-order valence-corrected chi connectivity index (χ4v) is 5.31. The molecule has 0 amide bonds. The molecule has 0 spiro atoms. The van der Waals surface area contributed by atoms with E-state index in [0.717, 1.165) is 48.6 Å². The lowest BCUT2D eigenvalue weighted by molar-refractivity contribution is -0.274. The first kappa shape index (κ1) is 28.4. The number of benzene rings is 3. The van der Waals surface area contributed by atoms with Crippen molar-refractivity contribution in [2.75, 3.05) is 0 Å². The second kappa shape index (κ2) is 11.3. The van der Waals surface area contributed by atoms with Crippen LogP contribution in [0.1, 0.15) is 68.2 Å². The summed E-state index contributed by atoms with van der Waals surface area (Å²) in [5.41, 5.74) is 2.45. The molecule has 0 heterocycles. The molecule has 3 aromatic rings. The minimum atomic E-state index is -4.90. The van der Waals surface area contributed by atoms with Gasteiger partial charge < -0.3 is 19.7 Å². The molecule has 2 N–H and O–H groups in total. The van der Waals surface area contributed by atoms with Gasteiger partial charge >= 0.3 is 12.3 Å². The van der Waals surface area contributed by atoms with Crippen LogP contribution in [0.3, 0.4) is 0 Å². The van der Waals surface area contributed by atoms with Crippen LogP contribution in [0.5, 0.6) is 11.5 Å². The fourth-order valence-electron chi connectivity index (χ4n) is 5.31. The van der Waals surface area contributed by atoms with Crippen molar-refractivity contribution < 1.29 is 42.0 Å². The van der Waals surface area contributed by atoms with Gasteiger partial charge in [0, 0.05) is 5.56 Å². The summed E-state index contributed by atoms with van der Waals surface area (Å²) in [4.78, 5) is 10.9. The molecule has 39 heavy (non-hydrogen) atoms. The van der Waals surface area contributed by atoms with E-state index in [9.17, 15) is 27.5 Å². The second-order valence-corrected chi connectivity index (χ2v) is 10.5. The Morgan fingerprint density at radius 2 is 1.82 bits per heavy atom. The van der Waals surface area contributed by atoms with Crippen molar-refractivity contribution in [1.29, 1.82) is 0 Å². The zero-order valence-electron chi connectivity index (χ0n) is 21.6. The molecule has 1 aliphatic rings. The van der Waals surface area contributed by atoms with Crippen LogP contribution in [0, 0.1) is 11.2 Å². The molecule has 1 fully saturated rings. The van der Waals surface area contributed by atoms with Gasteiger partial charge in [-0.3, -0.25) is 4.79 Å². The summed E-state index contributed by atoms with van der Waals surface area (Å²) < 4.78 is 63.5. The summed E-state index contributed by atoms with van der Waals surface area (Å²) in [5.74, 6) is -1.78. The van der Waals surface area contributed by atoms with E-state index >= 15 is 0 Å². The topological polar surface area (TPSA) is 76.0 Å². The number of carboxylic acid groups (broad SMARTS) is 1. The largest absolute Gasteiger partial charge is 0.573 e. The second-order valence-electron chi connectivity index (χ2n) is 10.5. The Morgan fingerprint density at radius 3 is 2.49 bits per heavy atom. The maximum atomic E-state index is 15.0. The number of carbonyl (C=O) groups is 1. The normalized spacial score (nSPS) is 17.6. The quantitative estimate of drug-likeness (QED) is 0.268. The Hall–Kier alpha value is -3.59. The lowest BCUT2D eigenvalue weighted by atomic mass is 9.75. The third-order valence-electron chi connectivity index (χ3n) is 7.23. The van der Waals surface area contributed by atoms with E-state index in [1.165, 1.54) is 0 Å². The lowest BCUT2D eigenvalue weighted by Gasteiger charge is -2.30. The predicted molar refractivity (Wildman–Crippen MR) is 137 cm³/mol. The average molecular weight is 547 g/mol. The van der Waals surface area contributed by atoms with E-state index in [1.54, 1.807) is 36.4 Å². The van der Waals surface area contributed by atoms with E-state index in [-0.39, 0.29) is 23.5 Å². The van der Waals surface area contributed by atoms with Gasteiger partial charge in [0.05, 0.1) is 12.5 Å². The van der Waals surface area contributed by atoms with Gasteiger partial charge in [-0.15, -0.1) is 13.2 Å². The highest BCUT2D eigenvalue weighted by Gasteiger charge is 2.37. The number of ether oxygens (including phenoxy) is 2. The van der Waals surface area contributed by atoms with Crippen molar-refractivity contribution in [2.24, 2.45) is 5.41 Å². The molecule has 1 aliphatic carbocycles. The first-order chi connectivity index (χ1) is 18.3. The van der Waals surface area contributed by atoms with Gasteiger partial charge in [0.25, 0.3) is 0 Å². The van der Waals surface area contributed by atoms with Crippen molar-refractivity contribution in [1.82, 2.24) is 0 Å². The molecule has 3 aromatic carbocycles. The van der Waals surface area contributed by atoms with Gasteiger partial charge in [0.1, 0.15) is 23.9 Å². The van der Waals surface area contributed by atoms with Gasteiger partial charge in [0.2, 0.25) is 0 Å². The zero-order valence-corrected chi connectivity index (χ0v) is 21.6.